The van der Waals surface area contributed by atoms with Gasteiger partial charge in [-0.2, -0.15) is 0 Å². The molecule has 0 saturated carbocycles. The van der Waals surface area contributed by atoms with E-state index in [1.807, 2.05) is 25.1 Å². The number of rotatable bonds is 3. The minimum absolute atomic E-state index is 0.184. The normalized spacial score (nSPS) is 12.3. The van der Waals surface area contributed by atoms with Crippen molar-refractivity contribution in [3.63, 3.8) is 0 Å². The zero-order valence-corrected chi connectivity index (χ0v) is 13.8. The third-order valence-corrected chi connectivity index (χ3v) is 4.46. The summed E-state index contributed by atoms with van der Waals surface area (Å²) >= 11 is 6.95. The van der Waals surface area contributed by atoms with Gasteiger partial charge in [-0.25, -0.2) is 4.39 Å². The summed E-state index contributed by atoms with van der Waals surface area (Å²) in [6, 6.07) is 10.7. The Balaban J connectivity index is 2.43. The third-order valence-electron chi connectivity index (χ3n) is 2.98. The van der Waals surface area contributed by atoms with Crippen LogP contribution in [0, 0.1) is 12.7 Å². The highest BCUT2D eigenvalue weighted by Crippen LogP contribution is 2.36. The van der Waals surface area contributed by atoms with E-state index in [1.54, 1.807) is 19.2 Å². The van der Waals surface area contributed by atoms with Crippen molar-refractivity contribution in [1.29, 1.82) is 0 Å². The molecule has 2 rings (SSSR count). The molecule has 2 aromatic rings. The van der Waals surface area contributed by atoms with Crippen LogP contribution in [-0.2, 0) is 0 Å². The number of alkyl halides is 1. The minimum Gasteiger partial charge on any atom is -0.497 e. The molecule has 0 fully saturated rings. The van der Waals surface area contributed by atoms with Crippen LogP contribution in [-0.4, -0.2) is 7.11 Å². The first-order chi connectivity index (χ1) is 9.02. The molecule has 4 heteroatoms. The maximum atomic E-state index is 13.9. The van der Waals surface area contributed by atoms with Gasteiger partial charge in [0.25, 0.3) is 0 Å². The summed E-state index contributed by atoms with van der Waals surface area (Å²) < 4.78 is 19.9. The molecule has 1 nitrogen and oxygen atoms in total. The summed E-state index contributed by atoms with van der Waals surface area (Å²) in [4.78, 5) is -0.184. The van der Waals surface area contributed by atoms with Crippen molar-refractivity contribution >= 4 is 31.9 Å². The summed E-state index contributed by atoms with van der Waals surface area (Å²) in [5, 5.41) is 0. The predicted octanol–water partition coefficient (Wildman–Crippen LogP) is 5.39. The van der Waals surface area contributed by atoms with Crippen LogP contribution in [0.4, 0.5) is 4.39 Å². The second kappa shape index (κ2) is 6.06. The molecule has 100 valence electrons. The lowest BCUT2D eigenvalue weighted by atomic mass is 10.00. The van der Waals surface area contributed by atoms with Crippen LogP contribution in [0.25, 0.3) is 0 Å². The Morgan fingerprint density at radius 2 is 1.84 bits per heavy atom. The molecule has 0 aliphatic rings. The number of methoxy groups -OCH3 is 1. The van der Waals surface area contributed by atoms with Crippen molar-refractivity contribution in [2.75, 3.05) is 7.11 Å². The van der Waals surface area contributed by atoms with E-state index >= 15 is 0 Å². The molecule has 0 aliphatic heterocycles. The van der Waals surface area contributed by atoms with Crippen molar-refractivity contribution in [1.82, 2.24) is 0 Å². The standard InChI is InChI=1S/C15H13Br2FO/c1-9-7-11(19-2)4-5-12(9)15(17)13-8-10(16)3-6-14(13)18/h3-8,15H,1-2H3. The largest absolute Gasteiger partial charge is 0.497 e. The van der Waals surface area contributed by atoms with Gasteiger partial charge < -0.3 is 4.74 Å². The van der Waals surface area contributed by atoms with Crippen LogP contribution in [0.5, 0.6) is 5.75 Å². The van der Waals surface area contributed by atoms with E-state index in [2.05, 4.69) is 31.9 Å². The van der Waals surface area contributed by atoms with Crippen LogP contribution in [0.15, 0.2) is 40.9 Å². The molecule has 0 N–H and O–H groups in total. The Labute approximate surface area is 129 Å². The monoisotopic (exact) mass is 386 g/mol. The van der Waals surface area contributed by atoms with Gasteiger partial charge in [-0.15, -0.1) is 0 Å². The number of hydrogen-bond acceptors (Lipinski definition) is 1. The van der Waals surface area contributed by atoms with Crippen LogP contribution >= 0.6 is 31.9 Å². The van der Waals surface area contributed by atoms with Gasteiger partial charge >= 0.3 is 0 Å². The fourth-order valence-electron chi connectivity index (χ4n) is 1.94. The Hall–Kier alpha value is -0.870. The first kappa shape index (κ1) is 14.5. The third kappa shape index (κ3) is 3.18. The van der Waals surface area contributed by atoms with Crippen LogP contribution in [0.2, 0.25) is 0 Å². The Bertz CT molecular complexity index is 599. The molecule has 2 aromatic carbocycles. The van der Waals surface area contributed by atoms with Crippen molar-refractivity contribution in [2.24, 2.45) is 0 Å². The molecule has 0 aromatic heterocycles. The average molecular weight is 388 g/mol. The molecule has 0 saturated heterocycles. The van der Waals surface area contributed by atoms with Crippen molar-refractivity contribution in [3.8, 4) is 5.75 Å². The molecule has 0 amide bonds. The van der Waals surface area contributed by atoms with Gasteiger partial charge in [0.2, 0.25) is 0 Å². The molecule has 0 radical (unpaired) electrons. The van der Waals surface area contributed by atoms with Crippen molar-refractivity contribution < 1.29 is 9.13 Å². The Morgan fingerprint density at radius 3 is 2.47 bits per heavy atom. The van der Waals surface area contributed by atoms with E-state index in [0.29, 0.717) is 5.56 Å². The second-order valence-electron chi connectivity index (χ2n) is 4.25. The molecule has 0 aliphatic carbocycles. The lowest BCUT2D eigenvalue weighted by Crippen LogP contribution is -1.99. The molecule has 1 atom stereocenters. The van der Waals surface area contributed by atoms with Gasteiger partial charge in [0.15, 0.2) is 0 Å². The quantitative estimate of drug-likeness (QED) is 0.641. The van der Waals surface area contributed by atoms with Gasteiger partial charge in [0, 0.05) is 10.0 Å². The van der Waals surface area contributed by atoms with E-state index in [0.717, 1.165) is 21.3 Å². The SMILES string of the molecule is COc1ccc(C(Br)c2cc(Br)ccc2F)c(C)c1. The number of ether oxygens (including phenoxy) is 1. The Morgan fingerprint density at radius 1 is 1.11 bits per heavy atom. The van der Waals surface area contributed by atoms with Gasteiger partial charge in [0.1, 0.15) is 11.6 Å². The average Bonchev–Trinajstić information content (AvgIpc) is 2.40. The number of benzene rings is 2. The molecule has 0 bridgehead atoms. The molecule has 0 heterocycles. The molecule has 1 unspecified atom stereocenters. The fraction of sp³-hybridized carbons (Fsp3) is 0.200. The van der Waals surface area contributed by atoms with Gasteiger partial charge in [0.05, 0.1) is 11.9 Å². The molecular formula is C15H13Br2FO. The minimum atomic E-state index is -0.222. The van der Waals surface area contributed by atoms with Crippen LogP contribution < -0.4 is 4.74 Å². The summed E-state index contributed by atoms with van der Waals surface area (Å²) in [7, 11) is 1.63. The fourth-order valence-corrected chi connectivity index (χ4v) is 3.18. The summed E-state index contributed by atoms with van der Waals surface area (Å²) in [5.41, 5.74) is 2.70. The highest BCUT2D eigenvalue weighted by Gasteiger charge is 2.17. The van der Waals surface area contributed by atoms with E-state index in [-0.39, 0.29) is 10.6 Å². The van der Waals surface area contributed by atoms with Gasteiger partial charge in [-0.1, -0.05) is 37.9 Å². The first-order valence-electron chi connectivity index (χ1n) is 5.76. The molecular weight excluding hydrogens is 375 g/mol. The Kier molecular flexibility index (Phi) is 4.63. The van der Waals surface area contributed by atoms with Gasteiger partial charge in [-0.05, 0) is 48.4 Å². The van der Waals surface area contributed by atoms with Gasteiger partial charge in [-0.3, -0.25) is 0 Å². The second-order valence-corrected chi connectivity index (χ2v) is 6.08. The highest BCUT2D eigenvalue weighted by atomic mass is 79.9. The maximum absolute atomic E-state index is 13.9. The van der Waals surface area contributed by atoms with Crippen molar-refractivity contribution in [3.05, 3.63) is 63.4 Å². The summed E-state index contributed by atoms with van der Waals surface area (Å²) in [6.07, 6.45) is 0. The zero-order valence-electron chi connectivity index (χ0n) is 10.6. The topological polar surface area (TPSA) is 9.23 Å². The lowest BCUT2D eigenvalue weighted by molar-refractivity contribution is 0.414. The number of aryl methyl sites for hydroxylation is 1. The van der Waals surface area contributed by atoms with E-state index in [4.69, 9.17) is 4.74 Å². The number of halogens is 3. The smallest absolute Gasteiger partial charge is 0.127 e. The van der Waals surface area contributed by atoms with E-state index in [9.17, 15) is 4.39 Å². The van der Waals surface area contributed by atoms with Crippen LogP contribution in [0.1, 0.15) is 21.5 Å². The molecule has 0 spiro atoms. The predicted molar refractivity (Wildman–Crippen MR) is 82.6 cm³/mol. The van der Waals surface area contributed by atoms with E-state index in [1.165, 1.54) is 6.07 Å². The molecule has 19 heavy (non-hydrogen) atoms. The highest BCUT2D eigenvalue weighted by molar-refractivity contribution is 9.10. The maximum Gasteiger partial charge on any atom is 0.127 e. The zero-order chi connectivity index (χ0) is 14.0. The van der Waals surface area contributed by atoms with Crippen LogP contribution in [0.3, 0.4) is 0 Å². The number of hydrogen-bond donors (Lipinski definition) is 0. The lowest BCUT2D eigenvalue weighted by Gasteiger charge is -2.15. The summed E-state index contributed by atoms with van der Waals surface area (Å²) in [5.74, 6) is 0.580. The summed E-state index contributed by atoms with van der Waals surface area (Å²) in [6.45, 7) is 1.99. The van der Waals surface area contributed by atoms with E-state index < -0.39 is 0 Å². The first-order valence-corrected chi connectivity index (χ1v) is 7.47. The van der Waals surface area contributed by atoms with Crippen molar-refractivity contribution in [2.45, 2.75) is 11.8 Å².